The Labute approximate surface area is 134 Å². The van der Waals surface area contributed by atoms with Crippen molar-refractivity contribution in [1.82, 2.24) is 10.4 Å². The van der Waals surface area contributed by atoms with Gasteiger partial charge in [-0.15, -0.1) is 10.1 Å². The summed E-state index contributed by atoms with van der Waals surface area (Å²) in [6, 6.07) is 7.10. The Morgan fingerprint density at radius 2 is 1.81 bits per heavy atom. The van der Waals surface area contributed by atoms with Crippen LogP contribution < -0.4 is 5.32 Å². The number of carbonyl (C=O) groups excluding carboxylic acids is 3. The molecule has 112 valence electrons. The first-order valence-corrected chi connectivity index (χ1v) is 7.35. The highest BCUT2D eigenvalue weighted by Crippen LogP contribution is 2.11. The molecular formula is C13H13IN2O5. The first-order chi connectivity index (χ1) is 10.1. The Morgan fingerprint density at radius 3 is 2.43 bits per heavy atom. The van der Waals surface area contributed by atoms with E-state index in [4.69, 9.17) is 4.89 Å². The zero-order valence-corrected chi connectivity index (χ0v) is 13.2. The molecule has 2 rings (SSSR count). The quantitative estimate of drug-likeness (QED) is 0.252. The number of halogens is 1. The molecule has 0 radical (unpaired) electrons. The summed E-state index contributed by atoms with van der Waals surface area (Å²) in [5, 5.41) is 3.23. The van der Waals surface area contributed by atoms with Crippen molar-refractivity contribution < 1.29 is 24.3 Å². The molecule has 1 heterocycles. The Bertz CT molecular complexity index is 530. The lowest BCUT2D eigenvalue weighted by atomic mass is 10.2. The molecule has 0 aliphatic carbocycles. The van der Waals surface area contributed by atoms with Crippen LogP contribution in [0.5, 0.6) is 0 Å². The maximum absolute atomic E-state index is 11.8. The van der Waals surface area contributed by atoms with Crippen LogP contribution >= 0.6 is 22.6 Å². The maximum atomic E-state index is 11.8. The van der Waals surface area contributed by atoms with Gasteiger partial charge >= 0.3 is 0 Å². The monoisotopic (exact) mass is 404 g/mol. The lowest BCUT2D eigenvalue weighted by Gasteiger charge is -2.11. The minimum Gasteiger partial charge on any atom is -0.350 e. The van der Waals surface area contributed by atoms with Crippen LogP contribution in [0.4, 0.5) is 0 Å². The summed E-state index contributed by atoms with van der Waals surface area (Å²) in [6.45, 7) is 0.216. The number of hydrogen-bond acceptors (Lipinski definition) is 5. The van der Waals surface area contributed by atoms with Crippen molar-refractivity contribution in [1.29, 1.82) is 0 Å². The molecule has 0 bridgehead atoms. The van der Waals surface area contributed by atoms with Gasteiger partial charge in [-0.3, -0.25) is 14.4 Å². The molecular weight excluding hydrogens is 391 g/mol. The summed E-state index contributed by atoms with van der Waals surface area (Å²) in [4.78, 5) is 43.5. The van der Waals surface area contributed by atoms with Crippen molar-refractivity contribution in [3.05, 3.63) is 33.4 Å². The average molecular weight is 404 g/mol. The summed E-state index contributed by atoms with van der Waals surface area (Å²) in [7, 11) is 0. The summed E-state index contributed by atoms with van der Waals surface area (Å²) in [6.07, 6.45) is 0.261. The van der Waals surface area contributed by atoms with Gasteiger partial charge in [0.25, 0.3) is 17.7 Å². The topological polar surface area (TPSA) is 84.9 Å². The van der Waals surface area contributed by atoms with Gasteiger partial charge < -0.3 is 5.32 Å². The Morgan fingerprint density at radius 1 is 1.19 bits per heavy atom. The average Bonchev–Trinajstić information content (AvgIpc) is 2.79. The smallest absolute Gasteiger partial charge is 0.256 e. The molecule has 0 aromatic heterocycles. The number of nitrogens with one attached hydrogen (secondary N) is 1. The fourth-order valence-electron chi connectivity index (χ4n) is 1.64. The number of hydroxylamine groups is 2. The van der Waals surface area contributed by atoms with Gasteiger partial charge in [0, 0.05) is 28.5 Å². The van der Waals surface area contributed by atoms with E-state index in [9.17, 15) is 14.4 Å². The fraction of sp³-hybridized carbons (Fsp3) is 0.308. The molecule has 1 saturated heterocycles. The van der Waals surface area contributed by atoms with Gasteiger partial charge in [0.1, 0.15) is 6.61 Å². The zero-order valence-electron chi connectivity index (χ0n) is 11.0. The predicted octanol–water partition coefficient (Wildman–Crippen LogP) is 1.03. The van der Waals surface area contributed by atoms with Crippen molar-refractivity contribution in [2.45, 2.75) is 12.8 Å². The molecule has 1 aromatic carbocycles. The van der Waals surface area contributed by atoms with Gasteiger partial charge in [-0.05, 0) is 46.9 Å². The van der Waals surface area contributed by atoms with Crippen molar-refractivity contribution >= 4 is 40.3 Å². The Kier molecular flexibility index (Phi) is 5.65. The number of carbonyl (C=O) groups is 3. The van der Waals surface area contributed by atoms with Crippen LogP contribution in [0.1, 0.15) is 23.2 Å². The van der Waals surface area contributed by atoms with E-state index in [0.717, 1.165) is 3.57 Å². The molecule has 0 saturated carbocycles. The van der Waals surface area contributed by atoms with Crippen LogP contribution in [0.2, 0.25) is 0 Å². The van der Waals surface area contributed by atoms with Crippen molar-refractivity contribution in [2.75, 3.05) is 13.2 Å². The van der Waals surface area contributed by atoms with Crippen LogP contribution in [0.15, 0.2) is 24.3 Å². The Hall–Kier alpha value is -1.52. The lowest BCUT2D eigenvalue weighted by Crippen LogP contribution is -2.32. The predicted molar refractivity (Wildman–Crippen MR) is 79.6 cm³/mol. The Balaban J connectivity index is 1.65. The second-order valence-electron chi connectivity index (χ2n) is 4.24. The van der Waals surface area contributed by atoms with E-state index in [-0.39, 0.29) is 31.9 Å². The third kappa shape index (κ3) is 4.48. The third-order valence-corrected chi connectivity index (χ3v) is 3.43. The van der Waals surface area contributed by atoms with Gasteiger partial charge in [0.15, 0.2) is 0 Å². The molecule has 1 aliphatic heterocycles. The third-order valence-electron chi connectivity index (χ3n) is 2.71. The molecule has 21 heavy (non-hydrogen) atoms. The summed E-state index contributed by atoms with van der Waals surface area (Å²) < 4.78 is 1.04. The SMILES string of the molecule is O=C(NCCOON1C(=O)CCC1=O)c1ccc(I)cc1. The van der Waals surface area contributed by atoms with E-state index in [1.165, 1.54) is 0 Å². The molecule has 1 aromatic rings. The van der Waals surface area contributed by atoms with Crippen molar-refractivity contribution in [3.8, 4) is 0 Å². The second-order valence-corrected chi connectivity index (χ2v) is 5.49. The highest BCUT2D eigenvalue weighted by molar-refractivity contribution is 14.1. The van der Waals surface area contributed by atoms with Crippen molar-refractivity contribution in [3.63, 3.8) is 0 Å². The fourth-order valence-corrected chi connectivity index (χ4v) is 2.00. The lowest BCUT2D eigenvalue weighted by molar-refractivity contribution is -0.392. The molecule has 1 N–H and O–H groups in total. The van der Waals surface area contributed by atoms with E-state index in [0.29, 0.717) is 10.6 Å². The first kappa shape index (κ1) is 15.9. The summed E-state index contributed by atoms with van der Waals surface area (Å²) >= 11 is 2.15. The standard InChI is InChI=1S/C13H13IN2O5/c14-10-3-1-9(2-4-10)13(19)15-7-8-20-21-16-11(17)5-6-12(16)18/h1-4H,5-8H2,(H,15,19). The van der Waals surface area contributed by atoms with E-state index in [1.807, 2.05) is 12.1 Å². The molecule has 7 nitrogen and oxygen atoms in total. The normalized spacial score (nSPS) is 14.6. The molecule has 0 atom stereocenters. The van der Waals surface area contributed by atoms with E-state index in [1.54, 1.807) is 12.1 Å². The van der Waals surface area contributed by atoms with Crippen LogP contribution in [0, 0.1) is 3.57 Å². The number of nitrogens with zero attached hydrogens (tertiary/aromatic N) is 1. The van der Waals surface area contributed by atoms with Crippen LogP contribution in [0.3, 0.4) is 0 Å². The first-order valence-electron chi connectivity index (χ1n) is 6.27. The molecule has 0 unspecified atom stereocenters. The van der Waals surface area contributed by atoms with Gasteiger partial charge in [-0.1, -0.05) is 0 Å². The summed E-state index contributed by atoms with van der Waals surface area (Å²) in [5.41, 5.74) is 0.543. The summed E-state index contributed by atoms with van der Waals surface area (Å²) in [5.74, 6) is -1.09. The molecule has 1 fully saturated rings. The van der Waals surface area contributed by atoms with Gasteiger partial charge in [-0.25, -0.2) is 4.89 Å². The van der Waals surface area contributed by atoms with E-state index in [2.05, 4.69) is 32.9 Å². The maximum Gasteiger partial charge on any atom is 0.256 e. The number of amides is 3. The number of hydrogen-bond donors (Lipinski definition) is 1. The number of rotatable bonds is 6. The highest BCUT2D eigenvalue weighted by atomic mass is 127. The molecule has 3 amide bonds. The van der Waals surface area contributed by atoms with Gasteiger partial charge in [-0.2, -0.15) is 0 Å². The van der Waals surface area contributed by atoms with Crippen molar-refractivity contribution in [2.24, 2.45) is 0 Å². The molecule has 1 aliphatic rings. The molecule has 8 heteroatoms. The van der Waals surface area contributed by atoms with E-state index >= 15 is 0 Å². The van der Waals surface area contributed by atoms with Crippen LogP contribution in [-0.4, -0.2) is 35.9 Å². The van der Waals surface area contributed by atoms with Gasteiger partial charge in [0.05, 0.1) is 0 Å². The number of benzene rings is 1. The highest BCUT2D eigenvalue weighted by Gasteiger charge is 2.31. The second kappa shape index (κ2) is 7.48. The largest absolute Gasteiger partial charge is 0.350 e. The molecule has 0 spiro atoms. The van der Waals surface area contributed by atoms with E-state index < -0.39 is 11.8 Å². The zero-order chi connectivity index (χ0) is 15.2. The van der Waals surface area contributed by atoms with Crippen LogP contribution in [0.25, 0.3) is 0 Å². The number of imide groups is 1. The minimum absolute atomic E-state index is 0.0210. The minimum atomic E-state index is -0.428. The van der Waals surface area contributed by atoms with Crippen LogP contribution in [-0.2, 0) is 19.5 Å². The van der Waals surface area contributed by atoms with Gasteiger partial charge in [0.2, 0.25) is 0 Å².